The van der Waals surface area contributed by atoms with Crippen molar-refractivity contribution in [1.82, 2.24) is 5.32 Å². The zero-order valence-corrected chi connectivity index (χ0v) is 20.6. The van der Waals surface area contributed by atoms with Gasteiger partial charge in [-0.3, -0.25) is 4.79 Å². The minimum absolute atomic E-state index is 0.0895. The molecule has 34 heavy (non-hydrogen) atoms. The summed E-state index contributed by atoms with van der Waals surface area (Å²) in [5, 5.41) is 2.97. The molecule has 0 unspecified atom stereocenters. The first kappa shape index (κ1) is 23.8. The first-order chi connectivity index (χ1) is 16.6. The number of carbonyl (C=O) groups excluding carboxylic acids is 1. The van der Waals surface area contributed by atoms with Gasteiger partial charge in [-0.15, -0.1) is 0 Å². The van der Waals surface area contributed by atoms with Gasteiger partial charge in [-0.25, -0.2) is 0 Å². The summed E-state index contributed by atoms with van der Waals surface area (Å²) < 4.78 is 28.7. The van der Waals surface area contributed by atoms with Gasteiger partial charge in [-0.2, -0.15) is 0 Å². The average Bonchev–Trinajstić information content (AvgIpc) is 3.30. The quantitative estimate of drug-likeness (QED) is 0.412. The van der Waals surface area contributed by atoms with Gasteiger partial charge < -0.3 is 29.0 Å². The first-order valence-electron chi connectivity index (χ1n) is 10.8. The predicted octanol–water partition coefficient (Wildman–Crippen LogP) is 4.68. The third-order valence-electron chi connectivity index (χ3n) is 5.41. The Morgan fingerprint density at radius 1 is 0.971 bits per heavy atom. The monoisotopic (exact) mass is 527 g/mol. The molecular formula is C26H26BrNO6. The van der Waals surface area contributed by atoms with Gasteiger partial charge in [-0.05, 0) is 35.7 Å². The van der Waals surface area contributed by atoms with Crippen molar-refractivity contribution in [2.24, 2.45) is 0 Å². The van der Waals surface area contributed by atoms with E-state index in [0.29, 0.717) is 48.3 Å². The van der Waals surface area contributed by atoms with E-state index in [4.69, 9.17) is 23.7 Å². The van der Waals surface area contributed by atoms with Gasteiger partial charge in [0.15, 0.2) is 23.0 Å². The van der Waals surface area contributed by atoms with Crippen molar-refractivity contribution in [3.8, 4) is 28.7 Å². The molecule has 1 heterocycles. The van der Waals surface area contributed by atoms with Crippen LogP contribution in [0.3, 0.4) is 0 Å². The van der Waals surface area contributed by atoms with Crippen LogP contribution in [0.4, 0.5) is 0 Å². The number of rotatable bonds is 10. The predicted molar refractivity (Wildman–Crippen MR) is 131 cm³/mol. The van der Waals surface area contributed by atoms with Gasteiger partial charge in [0.25, 0.3) is 0 Å². The Balaban J connectivity index is 1.36. The van der Waals surface area contributed by atoms with Crippen LogP contribution in [0, 0.1) is 0 Å². The highest BCUT2D eigenvalue weighted by molar-refractivity contribution is 9.10. The SMILES string of the molecule is COc1c(CCNC(=O)Cc2cc3c(cc2Br)OCO3)ccc(OCc2ccccc2)c1OC. The Labute approximate surface area is 207 Å². The van der Waals surface area contributed by atoms with E-state index in [1.54, 1.807) is 14.2 Å². The highest BCUT2D eigenvalue weighted by atomic mass is 79.9. The molecule has 1 N–H and O–H groups in total. The zero-order chi connectivity index (χ0) is 23.9. The maximum absolute atomic E-state index is 12.5. The molecule has 3 aromatic carbocycles. The molecule has 0 atom stereocenters. The first-order valence-corrected chi connectivity index (χ1v) is 11.6. The molecule has 0 saturated carbocycles. The van der Waals surface area contributed by atoms with Crippen molar-refractivity contribution >= 4 is 21.8 Å². The summed E-state index contributed by atoms with van der Waals surface area (Å²) in [5.74, 6) is 2.97. The minimum Gasteiger partial charge on any atom is -0.492 e. The number of benzene rings is 3. The second-order valence-electron chi connectivity index (χ2n) is 7.64. The third-order valence-corrected chi connectivity index (χ3v) is 6.15. The summed E-state index contributed by atoms with van der Waals surface area (Å²) >= 11 is 3.49. The maximum atomic E-state index is 12.5. The minimum atomic E-state index is -0.0895. The molecule has 0 saturated heterocycles. The van der Waals surface area contributed by atoms with Gasteiger partial charge in [0.1, 0.15) is 6.61 Å². The molecule has 0 radical (unpaired) electrons. The number of fused-ring (bicyclic) bond motifs is 1. The van der Waals surface area contributed by atoms with Gasteiger partial charge in [0.2, 0.25) is 18.4 Å². The van der Waals surface area contributed by atoms with E-state index in [9.17, 15) is 4.79 Å². The Hall–Kier alpha value is -3.39. The lowest BCUT2D eigenvalue weighted by molar-refractivity contribution is -0.120. The van der Waals surface area contributed by atoms with Crippen LogP contribution in [0.25, 0.3) is 0 Å². The van der Waals surface area contributed by atoms with Crippen molar-refractivity contribution in [3.63, 3.8) is 0 Å². The number of methoxy groups -OCH3 is 2. The molecule has 3 aromatic rings. The number of hydrogen-bond donors (Lipinski definition) is 1. The largest absolute Gasteiger partial charge is 0.492 e. The molecule has 4 rings (SSSR count). The van der Waals surface area contributed by atoms with Crippen molar-refractivity contribution in [2.45, 2.75) is 19.4 Å². The second kappa shape index (κ2) is 11.2. The summed E-state index contributed by atoms with van der Waals surface area (Å²) in [7, 11) is 3.18. The van der Waals surface area contributed by atoms with E-state index < -0.39 is 0 Å². The molecule has 0 fully saturated rings. The molecule has 1 amide bonds. The zero-order valence-electron chi connectivity index (χ0n) is 19.1. The summed E-state index contributed by atoms with van der Waals surface area (Å²) in [6, 6.07) is 17.4. The summed E-state index contributed by atoms with van der Waals surface area (Å²) in [6.07, 6.45) is 0.802. The van der Waals surface area contributed by atoms with E-state index in [-0.39, 0.29) is 19.1 Å². The number of carbonyl (C=O) groups is 1. The lowest BCUT2D eigenvalue weighted by Gasteiger charge is -2.17. The molecule has 7 nitrogen and oxygen atoms in total. The number of amides is 1. The van der Waals surface area contributed by atoms with Crippen LogP contribution in [0.2, 0.25) is 0 Å². The molecule has 8 heteroatoms. The van der Waals surface area contributed by atoms with Crippen LogP contribution < -0.4 is 29.0 Å². The summed E-state index contributed by atoms with van der Waals surface area (Å²) in [6.45, 7) is 1.06. The van der Waals surface area contributed by atoms with E-state index in [0.717, 1.165) is 21.2 Å². The topological polar surface area (TPSA) is 75.3 Å². The highest BCUT2D eigenvalue weighted by Crippen LogP contribution is 2.40. The lowest BCUT2D eigenvalue weighted by Crippen LogP contribution is -2.27. The second-order valence-corrected chi connectivity index (χ2v) is 8.49. The van der Waals surface area contributed by atoms with Crippen LogP contribution in [-0.2, 0) is 24.2 Å². The fourth-order valence-corrected chi connectivity index (χ4v) is 4.18. The molecule has 0 aliphatic carbocycles. The molecule has 0 bridgehead atoms. The van der Waals surface area contributed by atoms with E-state index in [2.05, 4.69) is 21.2 Å². The maximum Gasteiger partial charge on any atom is 0.231 e. The molecule has 1 aliphatic heterocycles. The number of nitrogens with one attached hydrogen (secondary N) is 1. The standard InChI is InChI=1S/C26H26BrNO6/c1-30-25-18(8-9-21(26(25)31-2)32-15-17-6-4-3-5-7-17)10-11-28-24(29)13-19-12-22-23(14-20(19)27)34-16-33-22/h3-9,12,14H,10-11,13,15-16H2,1-2H3,(H,28,29). The molecule has 0 spiro atoms. The van der Waals surface area contributed by atoms with Crippen molar-refractivity contribution < 1.29 is 28.5 Å². The Kier molecular flexibility index (Phi) is 7.80. The molecule has 178 valence electrons. The van der Waals surface area contributed by atoms with Crippen LogP contribution in [-0.4, -0.2) is 33.5 Å². The number of ether oxygens (including phenoxy) is 5. The Morgan fingerprint density at radius 3 is 2.44 bits per heavy atom. The van der Waals surface area contributed by atoms with E-state index >= 15 is 0 Å². The van der Waals surface area contributed by atoms with Gasteiger partial charge in [0.05, 0.1) is 20.6 Å². The van der Waals surface area contributed by atoms with Crippen molar-refractivity contribution in [1.29, 1.82) is 0 Å². The molecule has 0 aromatic heterocycles. The summed E-state index contributed by atoms with van der Waals surface area (Å²) in [5.41, 5.74) is 2.81. The third kappa shape index (κ3) is 5.56. The fraction of sp³-hybridized carbons (Fsp3) is 0.269. The van der Waals surface area contributed by atoms with E-state index in [1.165, 1.54) is 0 Å². The fourth-order valence-electron chi connectivity index (χ4n) is 3.72. The van der Waals surface area contributed by atoms with Gasteiger partial charge in [0, 0.05) is 16.6 Å². The van der Waals surface area contributed by atoms with Crippen LogP contribution in [0.5, 0.6) is 28.7 Å². The average molecular weight is 528 g/mol. The van der Waals surface area contributed by atoms with Crippen molar-refractivity contribution in [2.75, 3.05) is 27.6 Å². The van der Waals surface area contributed by atoms with Gasteiger partial charge >= 0.3 is 0 Å². The smallest absolute Gasteiger partial charge is 0.231 e. The van der Waals surface area contributed by atoms with Crippen molar-refractivity contribution in [3.05, 3.63) is 75.8 Å². The number of hydrogen-bond acceptors (Lipinski definition) is 6. The Morgan fingerprint density at radius 2 is 1.71 bits per heavy atom. The van der Waals surface area contributed by atoms with Crippen LogP contribution in [0.1, 0.15) is 16.7 Å². The number of halogens is 1. The van der Waals surface area contributed by atoms with Crippen LogP contribution in [0.15, 0.2) is 59.1 Å². The normalized spacial score (nSPS) is 11.7. The summed E-state index contributed by atoms with van der Waals surface area (Å²) in [4.78, 5) is 12.5. The lowest BCUT2D eigenvalue weighted by atomic mass is 10.1. The highest BCUT2D eigenvalue weighted by Gasteiger charge is 2.19. The molecule has 1 aliphatic rings. The van der Waals surface area contributed by atoms with E-state index in [1.807, 2.05) is 54.6 Å². The Bertz CT molecular complexity index is 1150. The molecular weight excluding hydrogens is 502 g/mol. The van der Waals surface area contributed by atoms with Gasteiger partial charge in [-0.1, -0.05) is 52.3 Å². The van der Waals surface area contributed by atoms with Crippen LogP contribution >= 0.6 is 15.9 Å².